The van der Waals surface area contributed by atoms with Crippen molar-refractivity contribution in [2.45, 2.75) is 13.3 Å². The molecular formula is C16H25NO4. The molecule has 0 fully saturated rings. The number of ether oxygens (including phenoxy) is 3. The zero-order chi connectivity index (χ0) is 15.5. The third-order valence-corrected chi connectivity index (χ3v) is 3.23. The minimum absolute atomic E-state index is 0.197. The summed E-state index contributed by atoms with van der Waals surface area (Å²) in [4.78, 5) is 13.4. The molecule has 0 saturated carbocycles. The number of aryl methyl sites for hydroxylation is 1. The van der Waals surface area contributed by atoms with Gasteiger partial charge in [0.15, 0.2) is 0 Å². The van der Waals surface area contributed by atoms with Gasteiger partial charge in [-0.15, -0.1) is 0 Å². The molecule has 0 unspecified atom stereocenters. The maximum atomic E-state index is 11.2. The van der Waals surface area contributed by atoms with Gasteiger partial charge in [0.05, 0.1) is 20.1 Å². The highest BCUT2D eigenvalue weighted by atomic mass is 16.5. The van der Waals surface area contributed by atoms with Crippen LogP contribution in [0.15, 0.2) is 24.3 Å². The van der Waals surface area contributed by atoms with E-state index < -0.39 is 0 Å². The number of benzene rings is 1. The lowest BCUT2D eigenvalue weighted by molar-refractivity contribution is -0.141. The summed E-state index contributed by atoms with van der Waals surface area (Å²) in [6.45, 7) is 5.39. The Hall–Kier alpha value is -1.59. The van der Waals surface area contributed by atoms with Crippen molar-refractivity contribution < 1.29 is 19.0 Å². The van der Waals surface area contributed by atoms with Gasteiger partial charge >= 0.3 is 5.97 Å². The minimum atomic E-state index is -0.197. The second-order valence-electron chi connectivity index (χ2n) is 4.77. The lowest BCUT2D eigenvalue weighted by atomic mass is 10.2. The summed E-state index contributed by atoms with van der Waals surface area (Å²) in [7, 11) is 3.07. The summed E-state index contributed by atoms with van der Waals surface area (Å²) in [5.74, 6) is 0.703. The molecule has 1 aromatic rings. The number of carbonyl (C=O) groups is 1. The van der Waals surface area contributed by atoms with Crippen LogP contribution in [0.2, 0.25) is 0 Å². The highest BCUT2D eigenvalue weighted by Crippen LogP contribution is 2.15. The maximum Gasteiger partial charge on any atom is 0.306 e. The van der Waals surface area contributed by atoms with E-state index in [1.165, 1.54) is 7.11 Å². The Morgan fingerprint density at radius 3 is 2.48 bits per heavy atom. The fourth-order valence-corrected chi connectivity index (χ4v) is 1.91. The average Bonchev–Trinajstić information content (AvgIpc) is 2.50. The topological polar surface area (TPSA) is 48.0 Å². The molecule has 5 nitrogen and oxygen atoms in total. The Bertz CT molecular complexity index is 422. The molecule has 0 aliphatic heterocycles. The van der Waals surface area contributed by atoms with Gasteiger partial charge in [-0.25, -0.2) is 0 Å². The Morgan fingerprint density at radius 1 is 1.10 bits per heavy atom. The van der Waals surface area contributed by atoms with Crippen molar-refractivity contribution in [3.05, 3.63) is 29.8 Å². The standard InChI is InChI=1S/C16H25NO4/c1-14-6-4-5-7-15(14)21-13-11-17(10-12-19-2)9-8-16(18)20-3/h4-7H,8-13H2,1-3H3. The number of hydrogen-bond donors (Lipinski definition) is 0. The highest BCUT2D eigenvalue weighted by Gasteiger charge is 2.09. The molecule has 0 aliphatic rings. The third kappa shape index (κ3) is 7.11. The van der Waals surface area contributed by atoms with Crippen LogP contribution in [0.5, 0.6) is 5.75 Å². The van der Waals surface area contributed by atoms with Gasteiger partial charge < -0.3 is 14.2 Å². The Labute approximate surface area is 126 Å². The first-order valence-corrected chi connectivity index (χ1v) is 7.14. The maximum absolute atomic E-state index is 11.2. The van der Waals surface area contributed by atoms with E-state index in [1.807, 2.05) is 31.2 Å². The number of rotatable bonds is 10. The van der Waals surface area contributed by atoms with E-state index in [1.54, 1.807) is 7.11 Å². The number of esters is 1. The first kappa shape index (κ1) is 17.5. The third-order valence-electron chi connectivity index (χ3n) is 3.23. The number of methoxy groups -OCH3 is 2. The molecule has 0 bridgehead atoms. The van der Waals surface area contributed by atoms with E-state index >= 15 is 0 Å². The first-order valence-electron chi connectivity index (χ1n) is 7.14. The SMILES string of the molecule is COCCN(CCOc1ccccc1C)CCC(=O)OC. The average molecular weight is 295 g/mol. The fourth-order valence-electron chi connectivity index (χ4n) is 1.91. The van der Waals surface area contributed by atoms with E-state index in [0.717, 1.165) is 24.4 Å². The molecule has 1 aromatic carbocycles. The summed E-state index contributed by atoms with van der Waals surface area (Å²) in [6, 6.07) is 7.93. The predicted octanol–water partition coefficient (Wildman–Crippen LogP) is 1.89. The quantitative estimate of drug-likeness (QED) is 0.617. The Morgan fingerprint density at radius 2 is 1.81 bits per heavy atom. The number of nitrogens with zero attached hydrogens (tertiary/aromatic N) is 1. The van der Waals surface area contributed by atoms with Crippen LogP contribution in [0.25, 0.3) is 0 Å². The lowest BCUT2D eigenvalue weighted by Gasteiger charge is -2.21. The van der Waals surface area contributed by atoms with Crippen molar-refractivity contribution >= 4 is 5.97 Å². The number of hydrogen-bond acceptors (Lipinski definition) is 5. The summed E-state index contributed by atoms with van der Waals surface area (Å²) in [6.07, 6.45) is 0.380. The molecule has 118 valence electrons. The van der Waals surface area contributed by atoms with Gasteiger partial charge in [-0.05, 0) is 18.6 Å². The van der Waals surface area contributed by atoms with Gasteiger partial charge in [-0.3, -0.25) is 9.69 Å². The molecule has 0 atom stereocenters. The molecule has 0 radical (unpaired) electrons. The summed E-state index contributed by atoms with van der Waals surface area (Å²) < 4.78 is 15.5. The highest BCUT2D eigenvalue weighted by molar-refractivity contribution is 5.69. The van der Waals surface area contributed by atoms with Gasteiger partial charge in [0.25, 0.3) is 0 Å². The molecule has 0 aromatic heterocycles. The number of carbonyl (C=O) groups excluding carboxylic acids is 1. The molecule has 5 heteroatoms. The van der Waals surface area contributed by atoms with Gasteiger partial charge in [0, 0.05) is 26.7 Å². The van der Waals surface area contributed by atoms with E-state index in [4.69, 9.17) is 9.47 Å². The van der Waals surface area contributed by atoms with Crippen LogP contribution in [0, 0.1) is 6.92 Å². The zero-order valence-corrected chi connectivity index (χ0v) is 13.1. The molecule has 0 aliphatic carbocycles. The Kier molecular flexibility index (Phi) is 8.47. The van der Waals surface area contributed by atoms with Gasteiger partial charge in [0.1, 0.15) is 12.4 Å². The summed E-state index contributed by atoms with van der Waals surface area (Å²) in [5.41, 5.74) is 1.12. The molecule has 21 heavy (non-hydrogen) atoms. The molecule has 0 spiro atoms. The van der Waals surface area contributed by atoms with Crippen molar-refractivity contribution in [2.24, 2.45) is 0 Å². The van der Waals surface area contributed by atoms with Crippen LogP contribution < -0.4 is 4.74 Å². The minimum Gasteiger partial charge on any atom is -0.492 e. The van der Waals surface area contributed by atoms with Crippen LogP contribution in [-0.2, 0) is 14.3 Å². The van der Waals surface area contributed by atoms with Crippen LogP contribution in [-0.4, -0.2) is 57.9 Å². The van der Waals surface area contributed by atoms with E-state index in [-0.39, 0.29) is 5.97 Å². The van der Waals surface area contributed by atoms with Crippen molar-refractivity contribution in [3.63, 3.8) is 0 Å². The zero-order valence-electron chi connectivity index (χ0n) is 13.1. The van der Waals surface area contributed by atoms with Crippen LogP contribution in [0.3, 0.4) is 0 Å². The van der Waals surface area contributed by atoms with Crippen molar-refractivity contribution in [1.82, 2.24) is 4.90 Å². The van der Waals surface area contributed by atoms with Crippen LogP contribution >= 0.6 is 0 Å². The van der Waals surface area contributed by atoms with Gasteiger partial charge in [0.2, 0.25) is 0 Å². The van der Waals surface area contributed by atoms with E-state index in [0.29, 0.717) is 26.2 Å². The molecule has 0 saturated heterocycles. The van der Waals surface area contributed by atoms with E-state index in [9.17, 15) is 4.79 Å². The van der Waals surface area contributed by atoms with E-state index in [2.05, 4.69) is 9.64 Å². The summed E-state index contributed by atoms with van der Waals surface area (Å²) in [5, 5.41) is 0. The van der Waals surface area contributed by atoms with Gasteiger partial charge in [-0.1, -0.05) is 18.2 Å². The number of para-hydroxylation sites is 1. The van der Waals surface area contributed by atoms with Crippen LogP contribution in [0.1, 0.15) is 12.0 Å². The molecular weight excluding hydrogens is 270 g/mol. The summed E-state index contributed by atoms with van der Waals surface area (Å²) >= 11 is 0. The second kappa shape index (κ2) is 10.2. The molecule has 0 N–H and O–H groups in total. The molecule has 0 heterocycles. The second-order valence-corrected chi connectivity index (χ2v) is 4.77. The molecule has 1 rings (SSSR count). The van der Waals surface area contributed by atoms with Crippen LogP contribution in [0.4, 0.5) is 0 Å². The van der Waals surface area contributed by atoms with Crippen molar-refractivity contribution in [2.75, 3.05) is 47.1 Å². The largest absolute Gasteiger partial charge is 0.492 e. The smallest absolute Gasteiger partial charge is 0.306 e. The monoisotopic (exact) mass is 295 g/mol. The van der Waals surface area contributed by atoms with Gasteiger partial charge in [-0.2, -0.15) is 0 Å². The molecule has 0 amide bonds. The normalized spacial score (nSPS) is 10.7. The fraction of sp³-hybridized carbons (Fsp3) is 0.562. The van der Waals surface area contributed by atoms with Crippen molar-refractivity contribution in [1.29, 1.82) is 0 Å². The van der Waals surface area contributed by atoms with Crippen molar-refractivity contribution in [3.8, 4) is 5.75 Å². The predicted molar refractivity (Wildman–Crippen MR) is 81.6 cm³/mol. The Balaban J connectivity index is 2.37. The first-order chi connectivity index (χ1) is 10.2. The lowest BCUT2D eigenvalue weighted by Crippen LogP contribution is -2.33.